The number of pyridine rings is 1. The number of rotatable bonds is 5. The van der Waals surface area contributed by atoms with Crippen LogP contribution in [0, 0.1) is 0 Å². The van der Waals surface area contributed by atoms with Crippen LogP contribution in [-0.4, -0.2) is 28.6 Å². The number of aliphatic hydroxyl groups is 1. The lowest BCUT2D eigenvalue weighted by molar-refractivity contribution is 0.0916. The summed E-state index contributed by atoms with van der Waals surface area (Å²) in [4.78, 5) is 16.1. The Morgan fingerprint density at radius 2 is 2.10 bits per heavy atom. The summed E-state index contributed by atoms with van der Waals surface area (Å²) in [6, 6.07) is 10.9. The first-order chi connectivity index (χ1) is 10.1. The quantitative estimate of drug-likeness (QED) is 0.797. The predicted molar refractivity (Wildman–Crippen MR) is 85.4 cm³/mol. The Kier molecular flexibility index (Phi) is 5.73. The van der Waals surface area contributed by atoms with E-state index < -0.39 is 0 Å². The molecule has 0 aliphatic rings. The third kappa shape index (κ3) is 4.52. The highest BCUT2D eigenvalue weighted by atomic mass is 79.9. The number of aromatic nitrogens is 1. The van der Waals surface area contributed by atoms with Gasteiger partial charge in [0.2, 0.25) is 0 Å². The number of hydrogen-bond donors (Lipinski definition) is 2. The van der Waals surface area contributed by atoms with Gasteiger partial charge in [-0.2, -0.15) is 0 Å². The number of nitrogens with one attached hydrogen (secondary N) is 1. The van der Waals surface area contributed by atoms with Crippen molar-refractivity contribution < 1.29 is 9.90 Å². The molecule has 0 bridgehead atoms. The van der Waals surface area contributed by atoms with Gasteiger partial charge < -0.3 is 10.4 Å². The summed E-state index contributed by atoms with van der Waals surface area (Å²) < 4.78 is 0.667. The van der Waals surface area contributed by atoms with Crippen molar-refractivity contribution in [3.05, 3.63) is 63.3 Å². The van der Waals surface area contributed by atoms with Gasteiger partial charge in [-0.25, -0.2) is 4.98 Å². The molecule has 110 valence electrons. The minimum absolute atomic E-state index is 0.132. The second-order valence-corrected chi connectivity index (χ2v) is 5.81. The SMILES string of the molecule is O=C(N[C@@H](CO)Cc1ccccc1)c1cc(Br)cnc1Cl. The topological polar surface area (TPSA) is 62.2 Å². The van der Waals surface area contributed by atoms with Crippen molar-refractivity contribution in [2.24, 2.45) is 0 Å². The molecule has 0 unspecified atom stereocenters. The van der Waals surface area contributed by atoms with Gasteiger partial charge in [0.25, 0.3) is 5.91 Å². The highest BCUT2D eigenvalue weighted by Gasteiger charge is 2.17. The fraction of sp³-hybridized carbons (Fsp3) is 0.200. The molecule has 1 aromatic heterocycles. The smallest absolute Gasteiger partial charge is 0.254 e. The van der Waals surface area contributed by atoms with Gasteiger partial charge in [-0.15, -0.1) is 0 Å². The van der Waals surface area contributed by atoms with Crippen molar-refractivity contribution in [3.8, 4) is 0 Å². The molecular formula is C15H14BrClN2O2. The van der Waals surface area contributed by atoms with Crippen LogP contribution < -0.4 is 5.32 Å². The monoisotopic (exact) mass is 368 g/mol. The van der Waals surface area contributed by atoms with Crippen molar-refractivity contribution in [1.82, 2.24) is 10.3 Å². The molecule has 6 heteroatoms. The van der Waals surface area contributed by atoms with E-state index in [4.69, 9.17) is 11.6 Å². The molecule has 1 aromatic carbocycles. The lowest BCUT2D eigenvalue weighted by Crippen LogP contribution is -2.39. The molecule has 2 rings (SSSR count). The fourth-order valence-electron chi connectivity index (χ4n) is 1.90. The van der Waals surface area contributed by atoms with Crippen molar-refractivity contribution in [1.29, 1.82) is 0 Å². The molecule has 4 nitrogen and oxygen atoms in total. The predicted octanol–water partition coefficient (Wildman–Crippen LogP) is 2.83. The Morgan fingerprint density at radius 3 is 2.76 bits per heavy atom. The highest BCUT2D eigenvalue weighted by Crippen LogP contribution is 2.18. The summed E-state index contributed by atoms with van der Waals surface area (Å²) in [7, 11) is 0. The van der Waals surface area contributed by atoms with Crippen molar-refractivity contribution in [2.75, 3.05) is 6.61 Å². The second kappa shape index (κ2) is 7.54. The summed E-state index contributed by atoms with van der Waals surface area (Å²) in [6.45, 7) is -0.153. The van der Waals surface area contributed by atoms with E-state index in [1.54, 1.807) is 6.07 Å². The lowest BCUT2D eigenvalue weighted by Gasteiger charge is -2.16. The molecule has 0 aliphatic heterocycles. The van der Waals surface area contributed by atoms with Crippen LogP contribution >= 0.6 is 27.5 Å². The van der Waals surface area contributed by atoms with Crippen LogP contribution in [0.15, 0.2) is 47.1 Å². The normalized spacial score (nSPS) is 12.0. The number of carbonyl (C=O) groups excluding carboxylic acids is 1. The number of carbonyl (C=O) groups is 1. The van der Waals surface area contributed by atoms with Gasteiger partial charge >= 0.3 is 0 Å². The van der Waals surface area contributed by atoms with E-state index in [0.717, 1.165) is 5.56 Å². The zero-order valence-electron chi connectivity index (χ0n) is 11.1. The maximum absolute atomic E-state index is 12.2. The lowest BCUT2D eigenvalue weighted by atomic mass is 10.1. The third-order valence-electron chi connectivity index (χ3n) is 2.93. The van der Waals surface area contributed by atoms with Gasteiger partial charge in [-0.05, 0) is 34.0 Å². The molecule has 0 saturated carbocycles. The molecular weight excluding hydrogens is 356 g/mol. The van der Waals surface area contributed by atoms with Crippen LogP contribution in [0.25, 0.3) is 0 Å². The first-order valence-electron chi connectivity index (χ1n) is 6.37. The molecule has 1 amide bonds. The van der Waals surface area contributed by atoms with E-state index in [9.17, 15) is 9.90 Å². The van der Waals surface area contributed by atoms with E-state index in [0.29, 0.717) is 10.9 Å². The first-order valence-corrected chi connectivity index (χ1v) is 7.54. The largest absolute Gasteiger partial charge is 0.394 e. The summed E-state index contributed by atoms with van der Waals surface area (Å²) in [5, 5.41) is 12.3. The zero-order valence-corrected chi connectivity index (χ0v) is 13.4. The average molecular weight is 370 g/mol. The standard InChI is InChI=1S/C15H14BrClN2O2/c16-11-7-13(14(17)18-8-11)15(21)19-12(9-20)6-10-4-2-1-3-5-10/h1-5,7-8,12,20H,6,9H2,(H,19,21)/t12-/m1/s1. The summed E-state index contributed by atoms with van der Waals surface area (Å²) in [5.74, 6) is -0.358. The van der Waals surface area contributed by atoms with Crippen LogP contribution in [0.3, 0.4) is 0 Å². The number of amides is 1. The van der Waals surface area contributed by atoms with Gasteiger partial charge in [-0.3, -0.25) is 4.79 Å². The summed E-state index contributed by atoms with van der Waals surface area (Å²) in [5.41, 5.74) is 1.31. The molecule has 2 N–H and O–H groups in total. The summed E-state index contributed by atoms with van der Waals surface area (Å²) in [6.07, 6.45) is 2.06. The number of nitrogens with zero attached hydrogens (tertiary/aromatic N) is 1. The van der Waals surface area contributed by atoms with Crippen LogP contribution in [-0.2, 0) is 6.42 Å². The number of benzene rings is 1. The Hall–Kier alpha value is -1.43. The molecule has 2 aromatic rings. The molecule has 1 heterocycles. The van der Waals surface area contributed by atoms with Gasteiger partial charge in [0.1, 0.15) is 5.15 Å². The molecule has 1 atom stereocenters. The molecule has 0 spiro atoms. The van der Waals surface area contributed by atoms with Crippen molar-refractivity contribution >= 4 is 33.4 Å². The number of hydrogen-bond acceptors (Lipinski definition) is 3. The number of halogens is 2. The first kappa shape index (κ1) is 15.9. The molecule has 0 saturated heterocycles. The maximum Gasteiger partial charge on any atom is 0.254 e. The number of aliphatic hydroxyl groups excluding tert-OH is 1. The van der Waals surface area contributed by atoms with Gasteiger partial charge in [0.05, 0.1) is 18.2 Å². The molecule has 21 heavy (non-hydrogen) atoms. The molecule has 0 fully saturated rings. The maximum atomic E-state index is 12.2. The zero-order chi connectivity index (χ0) is 15.2. The van der Waals surface area contributed by atoms with Crippen molar-refractivity contribution in [2.45, 2.75) is 12.5 Å². The Labute approximate surface area is 136 Å². The Morgan fingerprint density at radius 1 is 1.38 bits per heavy atom. The Balaban J connectivity index is 2.07. The average Bonchev–Trinajstić information content (AvgIpc) is 2.50. The van der Waals surface area contributed by atoms with Gasteiger partial charge in [-0.1, -0.05) is 41.9 Å². The minimum Gasteiger partial charge on any atom is -0.394 e. The van der Waals surface area contributed by atoms with E-state index in [2.05, 4.69) is 26.2 Å². The van der Waals surface area contributed by atoms with Crippen LogP contribution in [0.5, 0.6) is 0 Å². The van der Waals surface area contributed by atoms with E-state index in [-0.39, 0.29) is 29.3 Å². The van der Waals surface area contributed by atoms with Crippen LogP contribution in [0.1, 0.15) is 15.9 Å². The van der Waals surface area contributed by atoms with Gasteiger partial charge in [0, 0.05) is 10.7 Å². The van der Waals surface area contributed by atoms with E-state index >= 15 is 0 Å². The molecule has 0 aliphatic carbocycles. The van der Waals surface area contributed by atoms with Crippen molar-refractivity contribution in [3.63, 3.8) is 0 Å². The highest BCUT2D eigenvalue weighted by molar-refractivity contribution is 9.10. The summed E-state index contributed by atoms with van der Waals surface area (Å²) >= 11 is 9.17. The second-order valence-electron chi connectivity index (χ2n) is 4.53. The van der Waals surface area contributed by atoms with E-state index in [1.165, 1.54) is 6.20 Å². The fourth-order valence-corrected chi connectivity index (χ4v) is 2.43. The minimum atomic E-state index is -0.380. The van der Waals surface area contributed by atoms with Gasteiger partial charge in [0.15, 0.2) is 0 Å². The Bertz CT molecular complexity index is 622. The third-order valence-corrected chi connectivity index (χ3v) is 3.67. The molecule has 0 radical (unpaired) electrons. The van der Waals surface area contributed by atoms with Crippen LogP contribution in [0.2, 0.25) is 5.15 Å². The van der Waals surface area contributed by atoms with E-state index in [1.807, 2.05) is 30.3 Å². The van der Waals surface area contributed by atoms with Crippen LogP contribution in [0.4, 0.5) is 0 Å².